The highest BCUT2D eigenvalue weighted by Crippen LogP contribution is 2.48. The molecule has 0 atom stereocenters. The lowest BCUT2D eigenvalue weighted by molar-refractivity contribution is 0.214. The first-order valence-electron chi connectivity index (χ1n) is 5.31. The summed E-state index contributed by atoms with van der Waals surface area (Å²) in [7, 11) is 0. The molecular formula is C11H23N. The van der Waals surface area contributed by atoms with E-state index >= 15 is 0 Å². The Hall–Kier alpha value is -0.0400. The van der Waals surface area contributed by atoms with Gasteiger partial charge in [0.2, 0.25) is 0 Å². The van der Waals surface area contributed by atoms with Crippen molar-refractivity contribution in [1.29, 1.82) is 0 Å². The molecule has 1 rings (SSSR count). The Kier molecular flexibility index (Phi) is 3.16. The van der Waals surface area contributed by atoms with Gasteiger partial charge in [0, 0.05) is 6.04 Å². The van der Waals surface area contributed by atoms with Crippen molar-refractivity contribution in [3.8, 4) is 0 Å². The molecule has 0 radical (unpaired) electrons. The third kappa shape index (κ3) is 2.78. The van der Waals surface area contributed by atoms with Gasteiger partial charge in [-0.2, -0.15) is 0 Å². The molecular weight excluding hydrogens is 146 g/mol. The number of hydrogen-bond acceptors (Lipinski definition) is 1. The second kappa shape index (κ2) is 3.78. The standard InChI is InChI=1S/C11H23N/c1-5-12(10(2)3)9-8-11(4)6-7-11/h10H,5-9H2,1-4H3. The summed E-state index contributed by atoms with van der Waals surface area (Å²) in [6, 6.07) is 0.720. The van der Waals surface area contributed by atoms with Crippen LogP contribution in [0.15, 0.2) is 0 Å². The van der Waals surface area contributed by atoms with Crippen LogP contribution in [0.4, 0.5) is 0 Å². The summed E-state index contributed by atoms with van der Waals surface area (Å²) < 4.78 is 0. The maximum Gasteiger partial charge on any atom is 0.00384 e. The van der Waals surface area contributed by atoms with Crippen LogP contribution in [-0.2, 0) is 0 Å². The fraction of sp³-hybridized carbons (Fsp3) is 1.00. The molecule has 1 aliphatic carbocycles. The van der Waals surface area contributed by atoms with Crippen molar-refractivity contribution in [2.45, 2.75) is 53.0 Å². The molecule has 1 aliphatic rings. The van der Waals surface area contributed by atoms with E-state index in [1.807, 2.05) is 0 Å². The van der Waals surface area contributed by atoms with Crippen molar-refractivity contribution in [2.24, 2.45) is 5.41 Å². The van der Waals surface area contributed by atoms with Gasteiger partial charge in [0.05, 0.1) is 0 Å². The Balaban J connectivity index is 2.19. The van der Waals surface area contributed by atoms with Gasteiger partial charge >= 0.3 is 0 Å². The van der Waals surface area contributed by atoms with Gasteiger partial charge in [-0.05, 0) is 51.6 Å². The van der Waals surface area contributed by atoms with E-state index in [1.165, 1.54) is 32.4 Å². The van der Waals surface area contributed by atoms with E-state index in [0.717, 1.165) is 11.5 Å². The fourth-order valence-electron chi connectivity index (χ4n) is 1.66. The summed E-state index contributed by atoms with van der Waals surface area (Å²) in [5.41, 5.74) is 0.725. The second-order valence-electron chi connectivity index (χ2n) is 4.78. The maximum atomic E-state index is 2.56. The summed E-state index contributed by atoms with van der Waals surface area (Å²) in [5.74, 6) is 0. The predicted octanol–water partition coefficient (Wildman–Crippen LogP) is 2.91. The highest BCUT2D eigenvalue weighted by molar-refractivity contribution is 4.89. The Morgan fingerprint density at radius 3 is 2.25 bits per heavy atom. The first-order valence-corrected chi connectivity index (χ1v) is 5.31. The van der Waals surface area contributed by atoms with Crippen LogP contribution in [0.3, 0.4) is 0 Å². The first-order chi connectivity index (χ1) is 5.57. The van der Waals surface area contributed by atoms with E-state index in [2.05, 4.69) is 32.6 Å². The van der Waals surface area contributed by atoms with Gasteiger partial charge in [0.15, 0.2) is 0 Å². The third-order valence-electron chi connectivity index (χ3n) is 3.24. The minimum Gasteiger partial charge on any atom is -0.301 e. The molecule has 0 amide bonds. The van der Waals surface area contributed by atoms with Gasteiger partial charge in [0.25, 0.3) is 0 Å². The van der Waals surface area contributed by atoms with Crippen molar-refractivity contribution in [3.05, 3.63) is 0 Å². The Bertz CT molecular complexity index is 136. The van der Waals surface area contributed by atoms with Gasteiger partial charge in [-0.15, -0.1) is 0 Å². The van der Waals surface area contributed by atoms with Gasteiger partial charge in [0.1, 0.15) is 0 Å². The van der Waals surface area contributed by atoms with E-state index < -0.39 is 0 Å². The molecule has 0 bridgehead atoms. The molecule has 0 aromatic rings. The molecule has 12 heavy (non-hydrogen) atoms. The lowest BCUT2D eigenvalue weighted by Gasteiger charge is -2.26. The first kappa shape index (κ1) is 10.0. The zero-order chi connectivity index (χ0) is 9.19. The molecule has 0 spiro atoms. The normalized spacial score (nSPS) is 20.5. The van der Waals surface area contributed by atoms with Gasteiger partial charge in [-0.1, -0.05) is 13.8 Å². The molecule has 0 unspecified atom stereocenters. The molecule has 1 nitrogen and oxygen atoms in total. The highest BCUT2D eigenvalue weighted by Gasteiger charge is 2.36. The molecule has 1 saturated carbocycles. The molecule has 0 N–H and O–H groups in total. The van der Waals surface area contributed by atoms with Gasteiger partial charge in [-0.3, -0.25) is 0 Å². The number of hydrogen-bond donors (Lipinski definition) is 0. The van der Waals surface area contributed by atoms with E-state index in [1.54, 1.807) is 0 Å². The van der Waals surface area contributed by atoms with Crippen molar-refractivity contribution in [3.63, 3.8) is 0 Å². The average molecular weight is 169 g/mol. The van der Waals surface area contributed by atoms with Crippen LogP contribution in [0.1, 0.15) is 47.0 Å². The summed E-state index contributed by atoms with van der Waals surface area (Å²) in [4.78, 5) is 2.56. The second-order valence-corrected chi connectivity index (χ2v) is 4.78. The maximum absolute atomic E-state index is 2.56. The van der Waals surface area contributed by atoms with Crippen LogP contribution in [0.5, 0.6) is 0 Å². The van der Waals surface area contributed by atoms with Gasteiger partial charge < -0.3 is 4.90 Å². The highest BCUT2D eigenvalue weighted by atomic mass is 15.1. The smallest absolute Gasteiger partial charge is 0.00384 e. The zero-order valence-corrected chi connectivity index (χ0v) is 9.06. The Labute approximate surface area is 77.1 Å². The minimum atomic E-state index is 0.720. The largest absolute Gasteiger partial charge is 0.301 e. The number of rotatable bonds is 5. The molecule has 0 aromatic carbocycles. The Morgan fingerprint density at radius 1 is 1.33 bits per heavy atom. The topological polar surface area (TPSA) is 3.24 Å². The summed E-state index contributed by atoms with van der Waals surface area (Å²) in [5, 5.41) is 0. The molecule has 72 valence electrons. The lowest BCUT2D eigenvalue weighted by Crippen LogP contribution is -2.32. The quantitative estimate of drug-likeness (QED) is 0.611. The van der Waals surface area contributed by atoms with Crippen molar-refractivity contribution in [2.75, 3.05) is 13.1 Å². The van der Waals surface area contributed by atoms with Crippen LogP contribution < -0.4 is 0 Å². The van der Waals surface area contributed by atoms with Crippen molar-refractivity contribution < 1.29 is 0 Å². The molecule has 0 heterocycles. The molecule has 0 aliphatic heterocycles. The minimum absolute atomic E-state index is 0.720. The summed E-state index contributed by atoms with van der Waals surface area (Å²) in [6.07, 6.45) is 4.32. The Morgan fingerprint density at radius 2 is 1.92 bits per heavy atom. The van der Waals surface area contributed by atoms with Crippen molar-refractivity contribution >= 4 is 0 Å². The van der Waals surface area contributed by atoms with Gasteiger partial charge in [-0.25, -0.2) is 0 Å². The monoisotopic (exact) mass is 169 g/mol. The third-order valence-corrected chi connectivity index (χ3v) is 3.24. The molecule has 0 aromatic heterocycles. The average Bonchev–Trinajstić information content (AvgIpc) is 2.69. The van der Waals surface area contributed by atoms with E-state index in [0.29, 0.717) is 0 Å². The zero-order valence-electron chi connectivity index (χ0n) is 9.06. The van der Waals surface area contributed by atoms with E-state index in [-0.39, 0.29) is 0 Å². The predicted molar refractivity (Wildman–Crippen MR) is 54.3 cm³/mol. The van der Waals surface area contributed by atoms with Crippen molar-refractivity contribution in [1.82, 2.24) is 4.90 Å². The fourth-order valence-corrected chi connectivity index (χ4v) is 1.66. The molecule has 1 fully saturated rings. The van der Waals surface area contributed by atoms with Crippen LogP contribution in [0.2, 0.25) is 0 Å². The van der Waals surface area contributed by atoms with Crippen LogP contribution >= 0.6 is 0 Å². The van der Waals surface area contributed by atoms with E-state index in [9.17, 15) is 0 Å². The summed E-state index contributed by atoms with van der Waals surface area (Å²) in [6.45, 7) is 11.8. The van der Waals surface area contributed by atoms with Crippen LogP contribution in [0.25, 0.3) is 0 Å². The lowest BCUT2D eigenvalue weighted by atomic mass is 10.1. The molecule has 0 saturated heterocycles. The SMILES string of the molecule is CCN(CCC1(C)CC1)C(C)C. The summed E-state index contributed by atoms with van der Waals surface area (Å²) >= 11 is 0. The van der Waals surface area contributed by atoms with Crippen LogP contribution in [0, 0.1) is 5.41 Å². The van der Waals surface area contributed by atoms with E-state index in [4.69, 9.17) is 0 Å². The van der Waals surface area contributed by atoms with Crippen LogP contribution in [-0.4, -0.2) is 24.0 Å². The number of nitrogens with zero attached hydrogens (tertiary/aromatic N) is 1. The molecule has 1 heteroatoms.